The van der Waals surface area contributed by atoms with Crippen molar-refractivity contribution in [2.45, 2.75) is 38.8 Å². The van der Waals surface area contributed by atoms with E-state index in [1.165, 1.54) is 13.2 Å². The number of methoxy groups -OCH3 is 1. The highest BCUT2D eigenvalue weighted by Gasteiger charge is 2.17. The largest absolute Gasteiger partial charge is 0.494 e. The van der Waals surface area contributed by atoms with E-state index in [2.05, 4.69) is 24.1 Å². The van der Waals surface area contributed by atoms with E-state index in [9.17, 15) is 4.39 Å². The number of nitrogens with zero attached hydrogens (tertiary/aromatic N) is 1. The van der Waals surface area contributed by atoms with Gasteiger partial charge in [-0.1, -0.05) is 0 Å². The number of ether oxygens (including phenoxy) is 1. The molecule has 0 aliphatic carbocycles. The second-order valence-electron chi connectivity index (χ2n) is 5.35. The molecule has 1 heterocycles. The third kappa shape index (κ3) is 3.60. The topological polar surface area (TPSA) is 24.5 Å². The molecule has 1 saturated heterocycles. The van der Waals surface area contributed by atoms with Crippen molar-refractivity contribution in [2.24, 2.45) is 0 Å². The van der Waals surface area contributed by atoms with Crippen molar-refractivity contribution in [3.05, 3.63) is 24.0 Å². The van der Waals surface area contributed by atoms with Gasteiger partial charge in [0.1, 0.15) is 0 Å². The molecule has 1 aliphatic rings. The van der Waals surface area contributed by atoms with Crippen molar-refractivity contribution >= 4 is 5.69 Å². The fourth-order valence-electron chi connectivity index (χ4n) is 2.57. The summed E-state index contributed by atoms with van der Waals surface area (Å²) in [6.45, 7) is 6.39. The normalized spacial score (nSPS) is 24.7. The standard InChI is InChI=1S/C15H23FN2O/c1-11-6-8-18(9-7-12(2)17-11)13-4-5-14(16)15(10-13)19-3/h4-5,10-12,17H,6-9H2,1-3H3. The fraction of sp³-hybridized carbons (Fsp3) is 0.600. The van der Waals surface area contributed by atoms with Gasteiger partial charge in [0.15, 0.2) is 11.6 Å². The zero-order chi connectivity index (χ0) is 13.8. The monoisotopic (exact) mass is 266 g/mol. The Hall–Kier alpha value is -1.29. The van der Waals surface area contributed by atoms with Crippen molar-refractivity contribution in [3.8, 4) is 5.75 Å². The Morgan fingerprint density at radius 2 is 1.84 bits per heavy atom. The summed E-state index contributed by atoms with van der Waals surface area (Å²) in [5.74, 6) is 0.0143. The van der Waals surface area contributed by atoms with Crippen LogP contribution in [0.15, 0.2) is 18.2 Å². The Kier molecular flexibility index (Phi) is 4.64. The molecular weight excluding hydrogens is 243 g/mol. The van der Waals surface area contributed by atoms with Crippen LogP contribution in [0.5, 0.6) is 5.75 Å². The first-order chi connectivity index (χ1) is 9.10. The predicted octanol–water partition coefficient (Wildman–Crippen LogP) is 2.80. The molecular formula is C15H23FN2O. The molecule has 0 amide bonds. The van der Waals surface area contributed by atoms with Gasteiger partial charge in [0.2, 0.25) is 0 Å². The quantitative estimate of drug-likeness (QED) is 0.891. The average Bonchev–Trinajstić information content (AvgIpc) is 2.38. The van der Waals surface area contributed by atoms with Crippen molar-refractivity contribution in [1.82, 2.24) is 5.32 Å². The summed E-state index contributed by atoms with van der Waals surface area (Å²) in [7, 11) is 1.50. The summed E-state index contributed by atoms with van der Waals surface area (Å²) in [6, 6.07) is 6.14. The van der Waals surface area contributed by atoms with Gasteiger partial charge in [-0.2, -0.15) is 0 Å². The van der Waals surface area contributed by atoms with E-state index < -0.39 is 0 Å². The van der Waals surface area contributed by atoms with E-state index >= 15 is 0 Å². The number of anilines is 1. The SMILES string of the molecule is COc1cc(N2CCC(C)NC(C)CC2)ccc1F. The fourth-order valence-corrected chi connectivity index (χ4v) is 2.57. The molecule has 0 radical (unpaired) electrons. The van der Waals surface area contributed by atoms with Crippen LogP contribution in [0.2, 0.25) is 0 Å². The smallest absolute Gasteiger partial charge is 0.165 e. The van der Waals surface area contributed by atoms with Crippen LogP contribution in [-0.2, 0) is 0 Å². The van der Waals surface area contributed by atoms with E-state index in [1.807, 2.05) is 6.07 Å². The van der Waals surface area contributed by atoms with Gasteiger partial charge in [0.25, 0.3) is 0 Å². The van der Waals surface area contributed by atoms with Crippen LogP contribution in [0.4, 0.5) is 10.1 Å². The first kappa shape index (κ1) is 14.1. The third-order valence-corrected chi connectivity index (χ3v) is 3.73. The molecule has 2 unspecified atom stereocenters. The van der Waals surface area contributed by atoms with Crippen LogP contribution in [0, 0.1) is 5.82 Å². The van der Waals surface area contributed by atoms with Crippen LogP contribution < -0.4 is 15.0 Å². The van der Waals surface area contributed by atoms with E-state index in [-0.39, 0.29) is 5.82 Å². The Bertz CT molecular complexity index is 413. The number of hydrogen-bond donors (Lipinski definition) is 1. The average molecular weight is 266 g/mol. The summed E-state index contributed by atoms with van der Waals surface area (Å²) >= 11 is 0. The minimum atomic E-state index is -0.304. The van der Waals surface area contributed by atoms with Crippen molar-refractivity contribution in [2.75, 3.05) is 25.1 Å². The summed E-state index contributed by atoms with van der Waals surface area (Å²) < 4.78 is 18.5. The minimum absolute atomic E-state index is 0.304. The van der Waals surface area contributed by atoms with Gasteiger partial charge >= 0.3 is 0 Å². The van der Waals surface area contributed by atoms with Crippen molar-refractivity contribution in [1.29, 1.82) is 0 Å². The Balaban J connectivity index is 2.15. The lowest BCUT2D eigenvalue weighted by atomic mass is 10.1. The van der Waals surface area contributed by atoms with Gasteiger partial charge in [0, 0.05) is 36.9 Å². The lowest BCUT2D eigenvalue weighted by Gasteiger charge is -2.32. The first-order valence-corrected chi connectivity index (χ1v) is 6.94. The lowest BCUT2D eigenvalue weighted by Crippen LogP contribution is -2.43. The van der Waals surface area contributed by atoms with Crippen molar-refractivity contribution in [3.63, 3.8) is 0 Å². The number of nitrogens with one attached hydrogen (secondary N) is 1. The number of halogens is 1. The molecule has 1 N–H and O–H groups in total. The van der Waals surface area contributed by atoms with Gasteiger partial charge in [-0.25, -0.2) is 4.39 Å². The van der Waals surface area contributed by atoms with Gasteiger partial charge < -0.3 is 15.0 Å². The number of hydrogen-bond acceptors (Lipinski definition) is 3. The molecule has 1 aromatic rings. The molecule has 0 spiro atoms. The van der Waals surface area contributed by atoms with Crippen molar-refractivity contribution < 1.29 is 9.13 Å². The van der Waals surface area contributed by atoms with Crippen LogP contribution in [-0.4, -0.2) is 32.3 Å². The molecule has 1 aliphatic heterocycles. The maximum Gasteiger partial charge on any atom is 0.165 e. The van der Waals surface area contributed by atoms with Crippen LogP contribution in [0.25, 0.3) is 0 Å². The van der Waals surface area contributed by atoms with Crippen LogP contribution in [0.1, 0.15) is 26.7 Å². The van der Waals surface area contributed by atoms with E-state index in [4.69, 9.17) is 4.74 Å². The molecule has 2 atom stereocenters. The lowest BCUT2D eigenvalue weighted by molar-refractivity contribution is 0.385. The molecule has 0 aromatic heterocycles. The van der Waals surface area contributed by atoms with Gasteiger partial charge in [-0.3, -0.25) is 0 Å². The summed E-state index contributed by atoms with van der Waals surface area (Å²) in [5, 5.41) is 3.57. The van der Waals surface area contributed by atoms with Gasteiger partial charge in [0.05, 0.1) is 7.11 Å². The second-order valence-corrected chi connectivity index (χ2v) is 5.35. The van der Waals surface area contributed by atoms with Gasteiger partial charge in [-0.15, -0.1) is 0 Å². The van der Waals surface area contributed by atoms with E-state index in [0.29, 0.717) is 17.8 Å². The minimum Gasteiger partial charge on any atom is -0.494 e. The molecule has 3 nitrogen and oxygen atoms in total. The summed E-state index contributed by atoms with van der Waals surface area (Å²) in [4.78, 5) is 2.32. The van der Waals surface area contributed by atoms with E-state index in [0.717, 1.165) is 31.6 Å². The third-order valence-electron chi connectivity index (χ3n) is 3.73. The van der Waals surface area contributed by atoms with Gasteiger partial charge in [-0.05, 0) is 38.8 Å². The maximum atomic E-state index is 13.5. The number of benzene rings is 1. The molecule has 106 valence electrons. The highest BCUT2D eigenvalue weighted by molar-refractivity contribution is 5.51. The zero-order valence-corrected chi connectivity index (χ0v) is 11.9. The maximum absolute atomic E-state index is 13.5. The Morgan fingerprint density at radius 3 is 2.42 bits per heavy atom. The molecule has 0 bridgehead atoms. The summed E-state index contributed by atoms with van der Waals surface area (Å²) in [6.07, 6.45) is 2.17. The molecule has 1 aromatic carbocycles. The molecule has 0 saturated carbocycles. The molecule has 4 heteroatoms. The highest BCUT2D eigenvalue weighted by atomic mass is 19.1. The zero-order valence-electron chi connectivity index (χ0n) is 11.9. The van der Waals surface area contributed by atoms with Crippen LogP contribution >= 0.6 is 0 Å². The molecule has 2 rings (SSSR count). The Labute approximate surface area is 114 Å². The predicted molar refractivity (Wildman–Crippen MR) is 76.5 cm³/mol. The van der Waals surface area contributed by atoms with E-state index in [1.54, 1.807) is 6.07 Å². The highest BCUT2D eigenvalue weighted by Crippen LogP contribution is 2.25. The summed E-state index contributed by atoms with van der Waals surface area (Å²) in [5.41, 5.74) is 1.04. The molecule has 19 heavy (non-hydrogen) atoms. The number of rotatable bonds is 2. The van der Waals surface area contributed by atoms with Crippen LogP contribution in [0.3, 0.4) is 0 Å². The second kappa shape index (κ2) is 6.24. The molecule has 1 fully saturated rings. The first-order valence-electron chi connectivity index (χ1n) is 6.94. The Morgan fingerprint density at radius 1 is 1.21 bits per heavy atom.